The Bertz CT molecular complexity index is 591. The highest BCUT2D eigenvalue weighted by molar-refractivity contribution is 5.96. The second kappa shape index (κ2) is 8.37. The first-order valence-corrected chi connectivity index (χ1v) is 6.90. The van der Waals surface area contributed by atoms with Gasteiger partial charge in [0, 0.05) is 12.1 Å². The van der Waals surface area contributed by atoms with Crippen LogP contribution in [0.4, 0.5) is 28.0 Å². The third-order valence-corrected chi connectivity index (χ3v) is 2.45. The van der Waals surface area contributed by atoms with E-state index in [1.54, 1.807) is 13.8 Å². The monoisotopic (exact) mass is 351 g/mol. The van der Waals surface area contributed by atoms with Crippen LogP contribution in [-0.4, -0.2) is 37.3 Å². The predicted molar refractivity (Wildman–Crippen MR) is 78.3 cm³/mol. The first-order chi connectivity index (χ1) is 11.1. The number of urea groups is 1. The van der Waals surface area contributed by atoms with Gasteiger partial charge in [-0.05, 0) is 26.0 Å². The fourth-order valence-electron chi connectivity index (χ4n) is 1.57. The zero-order valence-electron chi connectivity index (χ0n) is 13.0. The number of hydrogen-bond acceptors (Lipinski definition) is 4. The van der Waals surface area contributed by atoms with Crippen molar-refractivity contribution in [3.63, 3.8) is 0 Å². The van der Waals surface area contributed by atoms with Crippen LogP contribution < -0.4 is 20.7 Å². The smallest absolute Gasteiger partial charge is 0.422 e. The van der Waals surface area contributed by atoms with E-state index in [2.05, 4.69) is 15.4 Å². The number of benzene rings is 1. The molecule has 0 unspecified atom stereocenters. The molecular weight excluding hydrogens is 334 g/mol. The quantitative estimate of drug-likeness (QED) is 0.688. The lowest BCUT2D eigenvalue weighted by Gasteiger charge is -2.15. The predicted octanol–water partition coefficient (Wildman–Crippen LogP) is 2.41. The van der Waals surface area contributed by atoms with Crippen molar-refractivity contribution in [1.82, 2.24) is 10.6 Å². The molecule has 1 rings (SSSR count). The van der Waals surface area contributed by atoms with Crippen molar-refractivity contribution in [2.75, 3.05) is 18.5 Å². The van der Waals surface area contributed by atoms with Crippen LogP contribution in [0, 0.1) is 5.82 Å². The Balaban J connectivity index is 2.64. The summed E-state index contributed by atoms with van der Waals surface area (Å²) >= 11 is 0. The summed E-state index contributed by atoms with van der Waals surface area (Å²) in [6.45, 7) is 1.37. The molecule has 0 fully saturated rings. The highest BCUT2D eigenvalue weighted by Gasteiger charge is 2.29. The first-order valence-electron chi connectivity index (χ1n) is 6.90. The Morgan fingerprint density at radius 2 is 1.92 bits per heavy atom. The van der Waals surface area contributed by atoms with E-state index in [9.17, 15) is 27.2 Å². The van der Waals surface area contributed by atoms with Crippen molar-refractivity contribution < 1.29 is 31.9 Å². The van der Waals surface area contributed by atoms with E-state index < -0.39 is 37.1 Å². The molecule has 24 heavy (non-hydrogen) atoms. The fourth-order valence-corrected chi connectivity index (χ4v) is 1.57. The van der Waals surface area contributed by atoms with Crippen LogP contribution >= 0.6 is 0 Å². The van der Waals surface area contributed by atoms with Crippen molar-refractivity contribution in [2.24, 2.45) is 0 Å². The normalized spacial score (nSPS) is 11.1. The number of ether oxygens (including phenoxy) is 1. The molecule has 0 aromatic heterocycles. The number of amides is 3. The van der Waals surface area contributed by atoms with E-state index in [1.165, 1.54) is 0 Å². The van der Waals surface area contributed by atoms with Crippen LogP contribution in [0.3, 0.4) is 0 Å². The number of rotatable bonds is 6. The summed E-state index contributed by atoms with van der Waals surface area (Å²) in [6, 6.07) is 1.91. The molecule has 0 spiro atoms. The molecule has 0 aliphatic rings. The van der Waals surface area contributed by atoms with Gasteiger partial charge in [0.15, 0.2) is 6.61 Å². The maximum Gasteiger partial charge on any atom is 0.422 e. The van der Waals surface area contributed by atoms with Gasteiger partial charge in [-0.25, -0.2) is 9.18 Å². The Morgan fingerprint density at radius 1 is 1.25 bits per heavy atom. The Hall–Kier alpha value is -2.52. The van der Waals surface area contributed by atoms with Crippen LogP contribution in [0.2, 0.25) is 0 Å². The van der Waals surface area contributed by atoms with Gasteiger partial charge in [-0.2, -0.15) is 13.2 Å². The van der Waals surface area contributed by atoms with Crippen molar-refractivity contribution in [1.29, 1.82) is 0 Å². The molecule has 0 atom stereocenters. The summed E-state index contributed by atoms with van der Waals surface area (Å²) in [4.78, 5) is 22.9. The lowest BCUT2D eigenvalue weighted by Crippen LogP contribution is -2.44. The van der Waals surface area contributed by atoms with Crippen LogP contribution in [-0.2, 0) is 4.79 Å². The average molecular weight is 351 g/mol. The van der Waals surface area contributed by atoms with Gasteiger partial charge in [0.05, 0.1) is 12.2 Å². The van der Waals surface area contributed by atoms with E-state index in [0.29, 0.717) is 0 Å². The van der Waals surface area contributed by atoms with Crippen LogP contribution in [0.15, 0.2) is 18.2 Å². The van der Waals surface area contributed by atoms with Crippen LogP contribution in [0.1, 0.15) is 13.8 Å². The fraction of sp³-hybridized carbons (Fsp3) is 0.429. The van der Waals surface area contributed by atoms with E-state index in [4.69, 9.17) is 0 Å². The van der Waals surface area contributed by atoms with Crippen molar-refractivity contribution in [3.05, 3.63) is 24.0 Å². The second-order valence-electron chi connectivity index (χ2n) is 5.07. The Morgan fingerprint density at radius 3 is 2.50 bits per heavy atom. The summed E-state index contributed by atoms with van der Waals surface area (Å²) in [5.74, 6) is -1.75. The maximum absolute atomic E-state index is 13.2. The zero-order chi connectivity index (χ0) is 18.3. The van der Waals surface area contributed by atoms with Gasteiger partial charge in [-0.3, -0.25) is 10.1 Å². The van der Waals surface area contributed by atoms with Crippen LogP contribution in [0.5, 0.6) is 5.75 Å². The standard InChI is InChI=1S/C14H17F4N3O3/c1-8(2)20-13(23)21-12(22)6-19-10-5-9(15)3-4-11(10)24-7-14(16,17)18/h3-5,8,19H,6-7H2,1-2H3,(H2,20,21,22,23). The largest absolute Gasteiger partial charge is 0.482 e. The minimum absolute atomic E-state index is 0.140. The van der Waals surface area contributed by atoms with Gasteiger partial charge in [0.1, 0.15) is 11.6 Å². The molecule has 134 valence electrons. The van der Waals surface area contributed by atoms with Gasteiger partial charge in [0.2, 0.25) is 5.91 Å². The lowest BCUT2D eigenvalue weighted by atomic mass is 10.2. The molecule has 0 aliphatic heterocycles. The van der Waals surface area contributed by atoms with Gasteiger partial charge in [-0.1, -0.05) is 0 Å². The summed E-state index contributed by atoms with van der Waals surface area (Å²) in [6.07, 6.45) is -4.56. The number of halogens is 4. The van der Waals surface area contributed by atoms with Gasteiger partial charge in [0.25, 0.3) is 0 Å². The molecule has 10 heteroatoms. The Labute approximate surface area is 135 Å². The third-order valence-electron chi connectivity index (χ3n) is 2.45. The minimum atomic E-state index is -4.56. The number of nitrogens with one attached hydrogen (secondary N) is 3. The topological polar surface area (TPSA) is 79.5 Å². The maximum atomic E-state index is 13.2. The third kappa shape index (κ3) is 7.65. The van der Waals surface area contributed by atoms with E-state index in [0.717, 1.165) is 18.2 Å². The molecule has 1 aromatic carbocycles. The summed E-state index contributed by atoms with van der Waals surface area (Å²) in [5.41, 5.74) is -0.140. The molecule has 1 aromatic rings. The minimum Gasteiger partial charge on any atom is -0.482 e. The molecule has 0 heterocycles. The summed E-state index contributed by atoms with van der Waals surface area (Å²) in [5, 5.41) is 6.85. The molecular formula is C14H17F4N3O3. The molecule has 0 saturated carbocycles. The number of carbonyl (C=O) groups is 2. The average Bonchev–Trinajstić information content (AvgIpc) is 2.42. The number of hydrogen-bond donors (Lipinski definition) is 3. The zero-order valence-corrected chi connectivity index (χ0v) is 13.0. The van der Waals surface area contributed by atoms with Crippen molar-refractivity contribution >= 4 is 17.6 Å². The van der Waals surface area contributed by atoms with E-state index in [-0.39, 0.29) is 17.5 Å². The number of imide groups is 1. The number of alkyl halides is 3. The molecule has 0 radical (unpaired) electrons. The highest BCUT2D eigenvalue weighted by Crippen LogP contribution is 2.27. The van der Waals surface area contributed by atoms with Gasteiger partial charge < -0.3 is 15.4 Å². The number of carbonyl (C=O) groups excluding carboxylic acids is 2. The van der Waals surface area contributed by atoms with Crippen molar-refractivity contribution in [2.45, 2.75) is 26.1 Å². The molecule has 6 nitrogen and oxygen atoms in total. The molecule has 3 amide bonds. The second-order valence-corrected chi connectivity index (χ2v) is 5.07. The van der Waals surface area contributed by atoms with Gasteiger partial charge in [-0.15, -0.1) is 0 Å². The first kappa shape index (κ1) is 19.5. The SMILES string of the molecule is CC(C)NC(=O)NC(=O)CNc1cc(F)ccc1OCC(F)(F)F. The molecule has 3 N–H and O–H groups in total. The lowest BCUT2D eigenvalue weighted by molar-refractivity contribution is -0.153. The summed E-state index contributed by atoms with van der Waals surface area (Å²) in [7, 11) is 0. The van der Waals surface area contributed by atoms with Crippen molar-refractivity contribution in [3.8, 4) is 5.75 Å². The Kier molecular flexibility index (Phi) is 6.81. The van der Waals surface area contributed by atoms with E-state index in [1.807, 2.05) is 5.32 Å². The molecule has 0 bridgehead atoms. The highest BCUT2D eigenvalue weighted by atomic mass is 19.4. The number of anilines is 1. The van der Waals surface area contributed by atoms with E-state index >= 15 is 0 Å². The van der Waals surface area contributed by atoms with Gasteiger partial charge >= 0.3 is 12.2 Å². The molecule has 0 saturated heterocycles. The summed E-state index contributed by atoms with van der Waals surface area (Å²) < 4.78 is 54.3. The molecule has 0 aliphatic carbocycles. The van der Waals surface area contributed by atoms with Crippen LogP contribution in [0.25, 0.3) is 0 Å².